The lowest BCUT2D eigenvalue weighted by atomic mass is 10.2. The molecule has 2 aromatic rings. The molecule has 0 N–H and O–H groups in total. The summed E-state index contributed by atoms with van der Waals surface area (Å²) in [4.78, 5) is 10.1. The molecule has 0 heterocycles. The molecule has 2 rings (SSSR count). The first-order valence-corrected chi connectivity index (χ1v) is 6.72. The van der Waals surface area contributed by atoms with E-state index >= 15 is 0 Å². The van der Waals surface area contributed by atoms with Crippen LogP contribution >= 0.6 is 23.2 Å². The van der Waals surface area contributed by atoms with Crippen molar-refractivity contribution >= 4 is 28.9 Å². The molecule has 0 amide bonds. The first-order valence-electron chi connectivity index (χ1n) is 5.80. The number of nitro groups is 1. The molecular weight excluding hydrogens is 301 g/mol. The fourth-order valence-electron chi connectivity index (χ4n) is 1.62. The molecule has 6 heteroatoms. The van der Waals surface area contributed by atoms with Gasteiger partial charge in [-0.25, -0.2) is 0 Å². The molecule has 20 heavy (non-hydrogen) atoms. The van der Waals surface area contributed by atoms with Gasteiger partial charge in [0, 0.05) is 18.0 Å². The zero-order chi connectivity index (χ0) is 14.5. The van der Waals surface area contributed by atoms with Crippen LogP contribution in [-0.4, -0.2) is 4.92 Å². The summed E-state index contributed by atoms with van der Waals surface area (Å²) in [5.41, 5.74) is 1.80. The molecule has 0 atom stereocenters. The predicted molar refractivity (Wildman–Crippen MR) is 78.4 cm³/mol. The van der Waals surface area contributed by atoms with Gasteiger partial charge in [-0.1, -0.05) is 17.7 Å². The van der Waals surface area contributed by atoms with Crippen molar-refractivity contribution < 1.29 is 9.66 Å². The van der Waals surface area contributed by atoms with E-state index in [1.165, 1.54) is 12.1 Å². The van der Waals surface area contributed by atoms with Crippen molar-refractivity contribution in [2.75, 3.05) is 0 Å². The average Bonchev–Trinajstić information content (AvgIpc) is 2.46. The minimum atomic E-state index is -0.438. The van der Waals surface area contributed by atoms with Gasteiger partial charge >= 0.3 is 0 Å². The summed E-state index contributed by atoms with van der Waals surface area (Å²) in [6, 6.07) is 11.5. The zero-order valence-corrected chi connectivity index (χ0v) is 11.9. The van der Waals surface area contributed by atoms with Gasteiger partial charge in [-0.05, 0) is 35.4 Å². The van der Waals surface area contributed by atoms with Crippen LogP contribution in [0.2, 0.25) is 5.02 Å². The Bertz CT molecular complexity index is 614. The van der Waals surface area contributed by atoms with E-state index in [1.807, 2.05) is 6.07 Å². The van der Waals surface area contributed by atoms with E-state index in [4.69, 9.17) is 27.9 Å². The lowest BCUT2D eigenvalue weighted by Gasteiger charge is -2.09. The molecule has 0 saturated carbocycles. The van der Waals surface area contributed by atoms with E-state index in [0.29, 0.717) is 16.7 Å². The third-order valence-electron chi connectivity index (χ3n) is 2.69. The highest BCUT2D eigenvalue weighted by molar-refractivity contribution is 6.32. The molecule has 0 aliphatic rings. The molecule has 2 aromatic carbocycles. The SMILES string of the molecule is O=[N+]([O-])c1ccc(COc2ccc(CCl)cc2Cl)cc1. The van der Waals surface area contributed by atoms with Crippen LogP contribution in [0.3, 0.4) is 0 Å². The largest absolute Gasteiger partial charge is 0.487 e. The lowest BCUT2D eigenvalue weighted by Crippen LogP contribution is -1.97. The number of halogens is 2. The van der Waals surface area contributed by atoms with Gasteiger partial charge in [0.15, 0.2) is 0 Å². The van der Waals surface area contributed by atoms with Crippen LogP contribution in [0.15, 0.2) is 42.5 Å². The summed E-state index contributed by atoms with van der Waals surface area (Å²) in [6.45, 7) is 0.290. The van der Waals surface area contributed by atoms with E-state index in [1.54, 1.807) is 24.3 Å². The second-order valence-electron chi connectivity index (χ2n) is 4.11. The van der Waals surface area contributed by atoms with Gasteiger partial charge in [0.2, 0.25) is 0 Å². The van der Waals surface area contributed by atoms with Crippen molar-refractivity contribution in [1.29, 1.82) is 0 Å². The van der Waals surface area contributed by atoms with E-state index in [-0.39, 0.29) is 12.3 Å². The van der Waals surface area contributed by atoms with E-state index in [0.717, 1.165) is 11.1 Å². The predicted octanol–water partition coefficient (Wildman–Crippen LogP) is 4.57. The molecule has 0 radical (unpaired) electrons. The van der Waals surface area contributed by atoms with Crippen molar-refractivity contribution in [3.05, 3.63) is 68.7 Å². The van der Waals surface area contributed by atoms with Crippen LogP contribution in [0.25, 0.3) is 0 Å². The summed E-state index contributed by atoms with van der Waals surface area (Å²) in [5.74, 6) is 0.946. The number of alkyl halides is 1. The third kappa shape index (κ3) is 3.62. The van der Waals surface area contributed by atoms with Gasteiger partial charge in [0.1, 0.15) is 12.4 Å². The second kappa shape index (κ2) is 6.59. The van der Waals surface area contributed by atoms with Gasteiger partial charge in [-0.2, -0.15) is 0 Å². The fraction of sp³-hybridized carbons (Fsp3) is 0.143. The monoisotopic (exact) mass is 311 g/mol. The molecular formula is C14H11Cl2NO3. The maximum atomic E-state index is 10.5. The molecule has 0 bridgehead atoms. The minimum Gasteiger partial charge on any atom is -0.487 e. The van der Waals surface area contributed by atoms with Crippen molar-refractivity contribution in [3.63, 3.8) is 0 Å². The van der Waals surface area contributed by atoms with Gasteiger partial charge in [-0.15, -0.1) is 11.6 Å². The van der Waals surface area contributed by atoms with Crippen molar-refractivity contribution in [3.8, 4) is 5.75 Å². The number of benzene rings is 2. The van der Waals surface area contributed by atoms with Gasteiger partial charge in [0.25, 0.3) is 5.69 Å². The smallest absolute Gasteiger partial charge is 0.269 e. The van der Waals surface area contributed by atoms with Crippen molar-refractivity contribution in [2.24, 2.45) is 0 Å². The molecule has 0 unspecified atom stereocenters. The number of rotatable bonds is 5. The standard InChI is InChI=1S/C14H11Cl2NO3/c15-8-11-3-6-14(13(16)7-11)20-9-10-1-4-12(5-2-10)17(18)19/h1-7H,8-9H2. The van der Waals surface area contributed by atoms with Crippen molar-refractivity contribution in [2.45, 2.75) is 12.5 Å². The number of nitro benzene ring substituents is 1. The number of nitrogens with zero attached hydrogens (tertiary/aromatic N) is 1. The third-order valence-corrected chi connectivity index (χ3v) is 3.30. The Balaban J connectivity index is 2.03. The van der Waals surface area contributed by atoms with Crippen LogP contribution in [0.5, 0.6) is 5.75 Å². The Morgan fingerprint density at radius 1 is 1.10 bits per heavy atom. The molecule has 4 nitrogen and oxygen atoms in total. The molecule has 0 saturated heterocycles. The van der Waals surface area contributed by atoms with E-state index < -0.39 is 4.92 Å². The highest BCUT2D eigenvalue weighted by Gasteiger charge is 2.06. The van der Waals surface area contributed by atoms with Crippen LogP contribution in [0.4, 0.5) is 5.69 Å². The molecule has 0 aliphatic heterocycles. The topological polar surface area (TPSA) is 52.4 Å². The van der Waals surface area contributed by atoms with Gasteiger partial charge in [-0.3, -0.25) is 10.1 Å². The van der Waals surface area contributed by atoms with Crippen LogP contribution in [-0.2, 0) is 12.5 Å². The van der Waals surface area contributed by atoms with E-state index in [2.05, 4.69) is 0 Å². The summed E-state index contributed by atoms with van der Waals surface area (Å²) >= 11 is 11.8. The lowest BCUT2D eigenvalue weighted by molar-refractivity contribution is -0.384. The van der Waals surface area contributed by atoms with Crippen LogP contribution < -0.4 is 4.74 Å². The fourth-order valence-corrected chi connectivity index (χ4v) is 2.04. The molecule has 0 fully saturated rings. The van der Waals surface area contributed by atoms with Gasteiger partial charge in [0.05, 0.1) is 9.95 Å². The quantitative estimate of drug-likeness (QED) is 0.462. The summed E-state index contributed by atoms with van der Waals surface area (Å²) in [5, 5.41) is 11.0. The molecule has 0 spiro atoms. The summed E-state index contributed by atoms with van der Waals surface area (Å²) in [6.07, 6.45) is 0. The van der Waals surface area contributed by atoms with Crippen molar-refractivity contribution in [1.82, 2.24) is 0 Å². The minimum absolute atomic E-state index is 0.0539. The Labute approximate surface area is 126 Å². The number of non-ortho nitro benzene ring substituents is 1. The maximum Gasteiger partial charge on any atom is 0.269 e. The Morgan fingerprint density at radius 2 is 1.75 bits per heavy atom. The highest BCUT2D eigenvalue weighted by atomic mass is 35.5. The first kappa shape index (κ1) is 14.6. The van der Waals surface area contributed by atoms with Crippen LogP contribution in [0, 0.1) is 10.1 Å². The normalized spacial score (nSPS) is 10.3. The molecule has 0 aliphatic carbocycles. The highest BCUT2D eigenvalue weighted by Crippen LogP contribution is 2.27. The molecule has 0 aromatic heterocycles. The second-order valence-corrected chi connectivity index (χ2v) is 4.79. The summed E-state index contributed by atoms with van der Waals surface area (Å²) < 4.78 is 5.58. The average molecular weight is 312 g/mol. The number of ether oxygens (including phenoxy) is 1. The maximum absolute atomic E-state index is 10.5. The first-order chi connectivity index (χ1) is 9.60. The molecule has 104 valence electrons. The van der Waals surface area contributed by atoms with Gasteiger partial charge < -0.3 is 4.74 Å². The summed E-state index contributed by atoms with van der Waals surface area (Å²) in [7, 11) is 0. The Kier molecular flexibility index (Phi) is 4.82. The Hall–Kier alpha value is -1.78. The van der Waals surface area contributed by atoms with E-state index in [9.17, 15) is 10.1 Å². The Morgan fingerprint density at radius 3 is 2.30 bits per heavy atom. The zero-order valence-electron chi connectivity index (χ0n) is 10.4. The number of hydrogen-bond acceptors (Lipinski definition) is 3. The number of hydrogen-bond donors (Lipinski definition) is 0. The van der Waals surface area contributed by atoms with Crippen LogP contribution in [0.1, 0.15) is 11.1 Å².